The number of esters is 1. The van der Waals surface area contributed by atoms with Crippen molar-refractivity contribution in [2.45, 2.75) is 13.0 Å². The molecule has 2 aromatic carbocycles. The number of hydrogen-bond donors (Lipinski definition) is 0. The van der Waals surface area contributed by atoms with Crippen LogP contribution in [0.25, 0.3) is 15.2 Å². The van der Waals surface area contributed by atoms with Gasteiger partial charge in [0.05, 0.1) is 36.6 Å². The van der Waals surface area contributed by atoms with Gasteiger partial charge in [0.15, 0.2) is 16.5 Å². The number of methoxy groups -OCH3 is 2. The fourth-order valence-corrected chi connectivity index (χ4v) is 4.11. The van der Waals surface area contributed by atoms with E-state index in [-0.39, 0.29) is 18.6 Å². The zero-order valence-electron chi connectivity index (χ0n) is 15.9. The van der Waals surface area contributed by atoms with E-state index in [1.165, 1.54) is 24.5 Å². The lowest BCUT2D eigenvalue weighted by molar-refractivity contribution is -0.144. The van der Waals surface area contributed by atoms with Crippen LogP contribution in [0.4, 0.5) is 0 Å². The summed E-state index contributed by atoms with van der Waals surface area (Å²) >= 11 is 1.42. The maximum absolute atomic E-state index is 12.5. The number of para-hydroxylation sites is 1. The number of thiazole rings is 1. The second kappa shape index (κ2) is 7.92. The van der Waals surface area contributed by atoms with E-state index in [0.29, 0.717) is 22.2 Å². The average Bonchev–Trinajstić information content (AvgIpc) is 3.11. The van der Waals surface area contributed by atoms with E-state index in [1.807, 2.05) is 24.3 Å². The molecule has 29 heavy (non-hydrogen) atoms. The second-order valence-corrected chi connectivity index (χ2v) is 7.31. The molecule has 2 aromatic heterocycles. The smallest absolute Gasteiger partial charge is 0.310 e. The fourth-order valence-electron chi connectivity index (χ4n) is 3.06. The summed E-state index contributed by atoms with van der Waals surface area (Å²) in [6.45, 7) is -0.0634. The molecule has 0 aliphatic heterocycles. The summed E-state index contributed by atoms with van der Waals surface area (Å²) < 4.78 is 18.3. The van der Waals surface area contributed by atoms with Gasteiger partial charge in [-0.2, -0.15) is 0 Å². The summed E-state index contributed by atoms with van der Waals surface area (Å²) in [4.78, 5) is 29.8. The molecule has 0 saturated heterocycles. The van der Waals surface area contributed by atoms with Crippen molar-refractivity contribution in [2.24, 2.45) is 0 Å². The predicted octanol–water partition coefficient (Wildman–Crippen LogP) is 3.21. The predicted molar refractivity (Wildman–Crippen MR) is 110 cm³/mol. The van der Waals surface area contributed by atoms with E-state index in [9.17, 15) is 9.59 Å². The van der Waals surface area contributed by atoms with Gasteiger partial charge in [0, 0.05) is 6.07 Å². The third kappa shape index (κ3) is 3.79. The first kappa shape index (κ1) is 18.9. The number of aromatic nitrogens is 2. The third-order valence-corrected chi connectivity index (χ3v) is 5.45. The minimum Gasteiger partial charge on any atom is -0.493 e. The van der Waals surface area contributed by atoms with Gasteiger partial charge in [-0.25, -0.2) is 4.98 Å². The van der Waals surface area contributed by atoms with Crippen molar-refractivity contribution in [3.05, 3.63) is 70.1 Å². The minimum absolute atomic E-state index is 0.0634. The van der Waals surface area contributed by atoms with Crippen LogP contribution in [0.1, 0.15) is 11.3 Å². The molecular weight excluding hydrogens is 392 g/mol. The SMILES string of the molecule is COc1ccc(CC(=O)OCc2cc(=O)n3c(n2)sc2ccccc23)cc1OC. The lowest BCUT2D eigenvalue weighted by atomic mass is 10.1. The second-order valence-electron chi connectivity index (χ2n) is 6.30. The van der Waals surface area contributed by atoms with Crippen LogP contribution in [-0.2, 0) is 22.6 Å². The normalized spacial score (nSPS) is 11.0. The van der Waals surface area contributed by atoms with Crippen molar-refractivity contribution < 1.29 is 19.0 Å². The van der Waals surface area contributed by atoms with Crippen LogP contribution >= 0.6 is 11.3 Å². The number of ether oxygens (including phenoxy) is 3. The van der Waals surface area contributed by atoms with E-state index in [2.05, 4.69) is 4.98 Å². The first-order valence-corrected chi connectivity index (χ1v) is 9.67. The average molecular weight is 410 g/mol. The van der Waals surface area contributed by atoms with E-state index in [0.717, 1.165) is 15.8 Å². The number of benzene rings is 2. The third-order valence-electron chi connectivity index (χ3n) is 4.43. The molecule has 0 amide bonds. The molecule has 0 atom stereocenters. The molecule has 0 saturated carbocycles. The van der Waals surface area contributed by atoms with Gasteiger partial charge in [0.1, 0.15) is 6.61 Å². The number of nitrogens with zero attached hydrogens (tertiary/aromatic N) is 2. The molecule has 4 aromatic rings. The van der Waals surface area contributed by atoms with Crippen LogP contribution in [0.3, 0.4) is 0 Å². The Hall–Kier alpha value is -3.39. The largest absolute Gasteiger partial charge is 0.493 e. The molecule has 0 N–H and O–H groups in total. The Morgan fingerprint density at radius 2 is 1.86 bits per heavy atom. The van der Waals surface area contributed by atoms with E-state index in [4.69, 9.17) is 14.2 Å². The van der Waals surface area contributed by atoms with Gasteiger partial charge >= 0.3 is 5.97 Å². The van der Waals surface area contributed by atoms with Gasteiger partial charge in [-0.1, -0.05) is 29.5 Å². The topological polar surface area (TPSA) is 79.1 Å². The molecule has 8 heteroatoms. The van der Waals surface area contributed by atoms with Crippen molar-refractivity contribution in [2.75, 3.05) is 14.2 Å². The molecule has 0 unspecified atom stereocenters. The van der Waals surface area contributed by atoms with Crippen molar-refractivity contribution in [1.82, 2.24) is 9.38 Å². The molecule has 0 bridgehead atoms. The Labute approximate surface area is 170 Å². The summed E-state index contributed by atoms with van der Waals surface area (Å²) in [6.07, 6.45) is 0.0739. The first-order valence-electron chi connectivity index (χ1n) is 8.86. The summed E-state index contributed by atoms with van der Waals surface area (Å²) in [6, 6.07) is 14.3. The van der Waals surface area contributed by atoms with E-state index in [1.54, 1.807) is 29.7 Å². The van der Waals surface area contributed by atoms with Crippen molar-refractivity contribution >= 4 is 32.5 Å². The van der Waals surface area contributed by atoms with Crippen molar-refractivity contribution in [1.29, 1.82) is 0 Å². The summed E-state index contributed by atoms with van der Waals surface area (Å²) in [5.74, 6) is 0.712. The molecule has 0 fully saturated rings. The maximum atomic E-state index is 12.5. The molecule has 4 rings (SSSR count). The summed E-state index contributed by atoms with van der Waals surface area (Å²) in [5.41, 5.74) is 1.78. The Morgan fingerprint density at radius 3 is 2.66 bits per heavy atom. The Bertz CT molecular complexity index is 1260. The molecule has 0 spiro atoms. The minimum atomic E-state index is -0.421. The van der Waals surface area contributed by atoms with Crippen LogP contribution in [-0.4, -0.2) is 29.6 Å². The number of carbonyl (C=O) groups excluding carboxylic acids is 1. The molecular formula is C21H18N2O5S. The number of carbonyl (C=O) groups is 1. The van der Waals surface area contributed by atoms with Gasteiger partial charge in [-0.05, 0) is 29.8 Å². The molecule has 148 valence electrons. The highest BCUT2D eigenvalue weighted by molar-refractivity contribution is 7.23. The maximum Gasteiger partial charge on any atom is 0.310 e. The van der Waals surface area contributed by atoms with Crippen molar-refractivity contribution in [3.8, 4) is 11.5 Å². The number of hydrogen-bond acceptors (Lipinski definition) is 7. The van der Waals surface area contributed by atoms with Gasteiger partial charge in [0.2, 0.25) is 0 Å². The van der Waals surface area contributed by atoms with Gasteiger partial charge in [-0.15, -0.1) is 0 Å². The zero-order chi connectivity index (χ0) is 20.4. The highest BCUT2D eigenvalue weighted by atomic mass is 32.1. The monoisotopic (exact) mass is 410 g/mol. The Kier molecular flexibility index (Phi) is 5.18. The quantitative estimate of drug-likeness (QED) is 0.454. The summed E-state index contributed by atoms with van der Waals surface area (Å²) in [7, 11) is 3.09. The van der Waals surface area contributed by atoms with Crippen LogP contribution < -0.4 is 15.0 Å². The molecule has 0 radical (unpaired) electrons. The fraction of sp³-hybridized carbons (Fsp3) is 0.190. The van der Waals surface area contributed by atoms with Crippen molar-refractivity contribution in [3.63, 3.8) is 0 Å². The molecule has 0 aliphatic carbocycles. The van der Waals surface area contributed by atoms with Gasteiger partial charge < -0.3 is 14.2 Å². The summed E-state index contributed by atoms with van der Waals surface area (Å²) in [5, 5.41) is 0. The highest BCUT2D eigenvalue weighted by Crippen LogP contribution is 2.28. The Morgan fingerprint density at radius 1 is 1.07 bits per heavy atom. The number of rotatable bonds is 6. The lowest BCUT2D eigenvalue weighted by Gasteiger charge is -2.09. The van der Waals surface area contributed by atoms with Crippen LogP contribution in [0.15, 0.2) is 53.3 Å². The van der Waals surface area contributed by atoms with Gasteiger partial charge in [0.25, 0.3) is 5.56 Å². The first-order chi connectivity index (χ1) is 14.1. The standard InChI is InChI=1S/C21H18N2O5S/c1-26-16-8-7-13(9-17(16)27-2)10-20(25)28-12-14-11-19(24)23-15-5-3-4-6-18(15)29-21(23)22-14/h3-9,11H,10,12H2,1-2H3. The van der Waals surface area contributed by atoms with E-state index >= 15 is 0 Å². The van der Waals surface area contributed by atoms with Crippen LogP contribution in [0.2, 0.25) is 0 Å². The highest BCUT2D eigenvalue weighted by Gasteiger charge is 2.12. The van der Waals surface area contributed by atoms with Crippen LogP contribution in [0.5, 0.6) is 11.5 Å². The zero-order valence-corrected chi connectivity index (χ0v) is 16.7. The van der Waals surface area contributed by atoms with Gasteiger partial charge in [-0.3, -0.25) is 14.0 Å². The lowest BCUT2D eigenvalue weighted by Crippen LogP contribution is -2.15. The number of fused-ring (bicyclic) bond motifs is 3. The molecule has 0 aliphatic rings. The molecule has 2 heterocycles. The Balaban J connectivity index is 1.49. The van der Waals surface area contributed by atoms with Crippen LogP contribution in [0, 0.1) is 0 Å². The molecule has 7 nitrogen and oxygen atoms in total. The van der Waals surface area contributed by atoms with E-state index < -0.39 is 5.97 Å².